The van der Waals surface area contributed by atoms with E-state index in [9.17, 15) is 4.79 Å². The van der Waals surface area contributed by atoms with Crippen LogP contribution in [-0.4, -0.2) is 70.1 Å². The molecule has 0 aromatic rings. The summed E-state index contributed by atoms with van der Waals surface area (Å²) in [6.07, 6.45) is 4.23. The Balaban J connectivity index is 2.21. The Morgan fingerprint density at radius 1 is 0.824 bits per heavy atom. The SMILES string of the molecule is O=[C]CN1CCCNCCNCCCNCC1. The number of hydrogen-bond acceptors (Lipinski definition) is 5. The van der Waals surface area contributed by atoms with Crippen LogP contribution in [0.1, 0.15) is 12.8 Å². The highest BCUT2D eigenvalue weighted by atomic mass is 16.1. The van der Waals surface area contributed by atoms with Gasteiger partial charge in [-0.15, -0.1) is 0 Å². The first-order valence-corrected chi connectivity index (χ1v) is 6.63. The van der Waals surface area contributed by atoms with Crippen LogP contribution in [0.3, 0.4) is 0 Å². The van der Waals surface area contributed by atoms with Gasteiger partial charge < -0.3 is 16.0 Å². The molecule has 0 aliphatic carbocycles. The van der Waals surface area contributed by atoms with E-state index in [1.165, 1.54) is 0 Å². The number of rotatable bonds is 2. The highest BCUT2D eigenvalue weighted by Crippen LogP contribution is 1.89. The zero-order chi connectivity index (χ0) is 12.2. The average molecular weight is 241 g/mol. The normalized spacial score (nSPS) is 22.8. The number of nitrogens with zero attached hydrogens (tertiary/aromatic N) is 1. The van der Waals surface area contributed by atoms with Crippen molar-refractivity contribution in [1.29, 1.82) is 0 Å². The largest absolute Gasteiger partial charge is 0.315 e. The molecule has 0 bridgehead atoms. The lowest BCUT2D eigenvalue weighted by Crippen LogP contribution is -2.37. The minimum absolute atomic E-state index is 0.434. The van der Waals surface area contributed by atoms with Crippen LogP contribution < -0.4 is 16.0 Å². The average Bonchev–Trinajstić information content (AvgIpc) is 2.34. The van der Waals surface area contributed by atoms with E-state index in [0.717, 1.165) is 65.2 Å². The van der Waals surface area contributed by atoms with Crippen LogP contribution in [0.5, 0.6) is 0 Å². The lowest BCUT2D eigenvalue weighted by molar-refractivity contribution is 0.298. The fourth-order valence-electron chi connectivity index (χ4n) is 1.92. The Morgan fingerprint density at radius 2 is 1.47 bits per heavy atom. The molecule has 17 heavy (non-hydrogen) atoms. The van der Waals surface area contributed by atoms with Crippen LogP contribution in [0.15, 0.2) is 0 Å². The predicted octanol–water partition coefficient (Wildman–Crippen LogP) is -1.04. The number of carbonyl (C=O) groups excluding carboxylic acids is 1. The molecular formula is C12H25N4O. The van der Waals surface area contributed by atoms with E-state index in [2.05, 4.69) is 20.9 Å². The molecule has 3 N–H and O–H groups in total. The fraction of sp³-hybridized carbons (Fsp3) is 0.917. The summed E-state index contributed by atoms with van der Waals surface area (Å²) in [5.41, 5.74) is 0. The number of hydrogen-bond donors (Lipinski definition) is 3. The van der Waals surface area contributed by atoms with Crippen molar-refractivity contribution in [1.82, 2.24) is 20.9 Å². The van der Waals surface area contributed by atoms with Gasteiger partial charge in [0.25, 0.3) is 0 Å². The van der Waals surface area contributed by atoms with E-state index in [-0.39, 0.29) is 0 Å². The maximum absolute atomic E-state index is 10.4. The summed E-state index contributed by atoms with van der Waals surface area (Å²) >= 11 is 0. The Morgan fingerprint density at radius 3 is 2.18 bits per heavy atom. The van der Waals surface area contributed by atoms with Crippen LogP contribution in [0, 0.1) is 0 Å². The van der Waals surface area contributed by atoms with Crippen LogP contribution in [0.4, 0.5) is 0 Å². The van der Waals surface area contributed by atoms with E-state index in [4.69, 9.17) is 0 Å². The minimum Gasteiger partial charge on any atom is -0.315 e. The van der Waals surface area contributed by atoms with Crippen molar-refractivity contribution >= 4 is 6.29 Å². The standard InChI is InChI=1S/C12H25N4O/c17-12-11-16-9-2-5-14-7-6-13-3-1-4-15-8-10-16/h13-15H,1-11H2. The third-order valence-corrected chi connectivity index (χ3v) is 2.91. The fourth-order valence-corrected chi connectivity index (χ4v) is 1.92. The van der Waals surface area contributed by atoms with E-state index in [1.54, 1.807) is 0 Å². The maximum atomic E-state index is 10.4. The third-order valence-electron chi connectivity index (χ3n) is 2.91. The van der Waals surface area contributed by atoms with Crippen LogP contribution in [0.25, 0.3) is 0 Å². The molecule has 5 nitrogen and oxygen atoms in total. The van der Waals surface area contributed by atoms with Gasteiger partial charge in [-0.3, -0.25) is 9.69 Å². The molecule has 0 spiro atoms. The molecule has 0 unspecified atom stereocenters. The smallest absolute Gasteiger partial charge is 0.213 e. The molecule has 0 aromatic heterocycles. The molecular weight excluding hydrogens is 216 g/mol. The number of nitrogens with one attached hydrogen (secondary N) is 3. The van der Waals surface area contributed by atoms with Gasteiger partial charge in [-0.25, -0.2) is 0 Å². The van der Waals surface area contributed by atoms with Crippen LogP contribution in [-0.2, 0) is 4.79 Å². The molecule has 1 saturated heterocycles. The summed E-state index contributed by atoms with van der Waals surface area (Å²) in [5.74, 6) is 0. The zero-order valence-electron chi connectivity index (χ0n) is 10.6. The molecule has 1 aliphatic rings. The van der Waals surface area contributed by atoms with Gasteiger partial charge in [-0.2, -0.15) is 0 Å². The van der Waals surface area contributed by atoms with Gasteiger partial charge in [0.05, 0.1) is 6.54 Å². The Kier molecular flexibility index (Phi) is 9.13. The van der Waals surface area contributed by atoms with E-state index in [0.29, 0.717) is 6.54 Å². The van der Waals surface area contributed by atoms with Crippen LogP contribution in [0.2, 0.25) is 0 Å². The Labute approximate surface area is 104 Å². The van der Waals surface area contributed by atoms with Gasteiger partial charge in [0.1, 0.15) is 0 Å². The molecule has 0 atom stereocenters. The van der Waals surface area contributed by atoms with Crippen molar-refractivity contribution < 1.29 is 4.79 Å². The van der Waals surface area contributed by atoms with Gasteiger partial charge in [-0.05, 0) is 39.0 Å². The highest BCUT2D eigenvalue weighted by Gasteiger charge is 2.04. The summed E-state index contributed by atoms with van der Waals surface area (Å²) in [7, 11) is 0. The van der Waals surface area contributed by atoms with Crippen molar-refractivity contribution in [3.63, 3.8) is 0 Å². The lowest BCUT2D eigenvalue weighted by atomic mass is 10.3. The monoisotopic (exact) mass is 241 g/mol. The van der Waals surface area contributed by atoms with Crippen molar-refractivity contribution in [2.24, 2.45) is 0 Å². The second-order valence-electron chi connectivity index (χ2n) is 4.38. The Hall–Kier alpha value is -0.490. The van der Waals surface area contributed by atoms with E-state index >= 15 is 0 Å². The van der Waals surface area contributed by atoms with Gasteiger partial charge in [-0.1, -0.05) is 0 Å². The molecule has 0 amide bonds. The summed E-state index contributed by atoms with van der Waals surface area (Å²) in [6, 6.07) is 0. The lowest BCUT2D eigenvalue weighted by Gasteiger charge is -2.20. The van der Waals surface area contributed by atoms with Gasteiger partial charge >= 0.3 is 0 Å². The summed E-state index contributed by atoms with van der Waals surface area (Å²) in [6.45, 7) is 8.47. The first kappa shape index (κ1) is 14.6. The van der Waals surface area contributed by atoms with Gasteiger partial charge in [0.15, 0.2) is 0 Å². The van der Waals surface area contributed by atoms with Crippen LogP contribution >= 0.6 is 0 Å². The van der Waals surface area contributed by atoms with E-state index < -0.39 is 0 Å². The first-order chi connectivity index (χ1) is 8.43. The molecule has 1 aliphatic heterocycles. The predicted molar refractivity (Wildman–Crippen MR) is 70.0 cm³/mol. The summed E-state index contributed by atoms with van der Waals surface area (Å²) < 4.78 is 0. The van der Waals surface area contributed by atoms with Gasteiger partial charge in [0, 0.05) is 26.2 Å². The van der Waals surface area contributed by atoms with Gasteiger partial charge in [0.2, 0.25) is 6.29 Å². The molecule has 1 heterocycles. The molecule has 99 valence electrons. The molecule has 1 rings (SSSR count). The van der Waals surface area contributed by atoms with Crippen molar-refractivity contribution in [3.05, 3.63) is 0 Å². The molecule has 1 radical (unpaired) electrons. The van der Waals surface area contributed by atoms with Crippen molar-refractivity contribution in [2.75, 3.05) is 58.9 Å². The summed E-state index contributed by atoms with van der Waals surface area (Å²) in [4.78, 5) is 12.6. The topological polar surface area (TPSA) is 56.4 Å². The maximum Gasteiger partial charge on any atom is 0.213 e. The molecule has 0 aromatic carbocycles. The van der Waals surface area contributed by atoms with Crippen molar-refractivity contribution in [2.45, 2.75) is 12.8 Å². The quantitative estimate of drug-likeness (QED) is 0.577. The highest BCUT2D eigenvalue weighted by molar-refractivity contribution is 5.52. The van der Waals surface area contributed by atoms with E-state index in [1.807, 2.05) is 6.29 Å². The third kappa shape index (κ3) is 8.26. The molecule has 5 heteroatoms. The first-order valence-electron chi connectivity index (χ1n) is 6.63. The summed E-state index contributed by atoms with van der Waals surface area (Å²) in [5, 5.41) is 10.2. The zero-order valence-corrected chi connectivity index (χ0v) is 10.6. The molecule has 0 saturated carbocycles. The molecule has 1 fully saturated rings. The Bertz CT molecular complexity index is 175. The second kappa shape index (κ2) is 10.7. The van der Waals surface area contributed by atoms with Crippen molar-refractivity contribution in [3.8, 4) is 0 Å². The minimum atomic E-state index is 0.434. The second-order valence-corrected chi connectivity index (χ2v) is 4.38.